The highest BCUT2D eigenvalue weighted by Crippen LogP contribution is 2.21. The van der Waals surface area contributed by atoms with Crippen molar-refractivity contribution in [3.63, 3.8) is 0 Å². The maximum atomic E-state index is 11.2. The Morgan fingerprint density at radius 1 is 1.14 bits per heavy atom. The molecule has 2 aliphatic rings. The van der Waals surface area contributed by atoms with Gasteiger partial charge in [-0.2, -0.15) is 12.7 Å². The van der Waals surface area contributed by atoms with E-state index in [4.69, 9.17) is 5.14 Å². The summed E-state index contributed by atoms with van der Waals surface area (Å²) in [6.45, 7) is 3.28. The summed E-state index contributed by atoms with van der Waals surface area (Å²) in [4.78, 5) is 2.38. The molecule has 14 heavy (non-hydrogen) atoms. The molecular formula is C8H17N3O2S. The molecule has 0 aromatic carbocycles. The molecule has 1 atom stereocenters. The lowest BCUT2D eigenvalue weighted by molar-refractivity contribution is 0.257. The fourth-order valence-electron chi connectivity index (χ4n) is 2.40. The van der Waals surface area contributed by atoms with E-state index in [0.29, 0.717) is 19.1 Å². The summed E-state index contributed by atoms with van der Waals surface area (Å²) in [5.41, 5.74) is 0. The summed E-state index contributed by atoms with van der Waals surface area (Å²) < 4.78 is 23.8. The molecule has 82 valence electrons. The van der Waals surface area contributed by atoms with Gasteiger partial charge >= 0.3 is 0 Å². The molecule has 0 aliphatic carbocycles. The minimum Gasteiger partial charge on any atom is -0.299 e. The van der Waals surface area contributed by atoms with Gasteiger partial charge in [0.1, 0.15) is 0 Å². The van der Waals surface area contributed by atoms with Crippen LogP contribution in [0.2, 0.25) is 0 Å². The second kappa shape index (κ2) is 3.77. The van der Waals surface area contributed by atoms with E-state index in [1.807, 2.05) is 0 Å². The first-order chi connectivity index (χ1) is 6.57. The van der Waals surface area contributed by atoms with Gasteiger partial charge in [0.25, 0.3) is 10.2 Å². The van der Waals surface area contributed by atoms with Gasteiger partial charge in [-0.1, -0.05) is 0 Å². The zero-order valence-electron chi connectivity index (χ0n) is 8.22. The van der Waals surface area contributed by atoms with E-state index in [1.165, 1.54) is 10.7 Å². The van der Waals surface area contributed by atoms with Crippen LogP contribution in [0.4, 0.5) is 0 Å². The van der Waals surface area contributed by atoms with Gasteiger partial charge in [0.15, 0.2) is 0 Å². The smallest absolute Gasteiger partial charge is 0.276 e. The third-order valence-corrected chi connectivity index (χ3v) is 4.18. The first-order valence-corrected chi connectivity index (χ1v) is 6.59. The van der Waals surface area contributed by atoms with Crippen molar-refractivity contribution in [3.8, 4) is 0 Å². The Morgan fingerprint density at radius 2 is 1.86 bits per heavy atom. The van der Waals surface area contributed by atoms with E-state index in [-0.39, 0.29) is 0 Å². The summed E-state index contributed by atoms with van der Waals surface area (Å²) in [5.74, 6) is 0. The zero-order chi connectivity index (χ0) is 10.2. The van der Waals surface area contributed by atoms with Crippen molar-refractivity contribution in [2.75, 3.05) is 26.2 Å². The number of rotatable bonds is 1. The molecule has 6 heteroatoms. The Labute approximate surface area is 85.0 Å². The SMILES string of the molecule is NS(=O)(=O)N1CCCN2CCCC2C1. The van der Waals surface area contributed by atoms with Crippen LogP contribution in [-0.2, 0) is 10.2 Å². The van der Waals surface area contributed by atoms with E-state index >= 15 is 0 Å². The van der Waals surface area contributed by atoms with Crippen molar-refractivity contribution in [1.82, 2.24) is 9.21 Å². The van der Waals surface area contributed by atoms with E-state index < -0.39 is 10.2 Å². The van der Waals surface area contributed by atoms with Crippen molar-refractivity contribution in [2.24, 2.45) is 5.14 Å². The van der Waals surface area contributed by atoms with Crippen LogP contribution in [0.25, 0.3) is 0 Å². The van der Waals surface area contributed by atoms with Crippen LogP contribution >= 0.6 is 0 Å². The van der Waals surface area contributed by atoms with Crippen LogP contribution in [0.1, 0.15) is 19.3 Å². The molecule has 0 bridgehead atoms. The average Bonchev–Trinajstić information content (AvgIpc) is 2.41. The van der Waals surface area contributed by atoms with Crippen molar-refractivity contribution < 1.29 is 8.42 Å². The Kier molecular flexibility index (Phi) is 2.79. The minimum absolute atomic E-state index is 0.399. The number of hydrogen-bond donors (Lipinski definition) is 1. The van der Waals surface area contributed by atoms with Crippen molar-refractivity contribution in [1.29, 1.82) is 0 Å². The van der Waals surface area contributed by atoms with E-state index in [1.54, 1.807) is 0 Å². The number of nitrogens with zero attached hydrogens (tertiary/aromatic N) is 2. The van der Waals surface area contributed by atoms with Crippen molar-refractivity contribution >= 4 is 10.2 Å². The fourth-order valence-corrected chi connectivity index (χ4v) is 3.17. The molecule has 0 amide bonds. The molecule has 2 heterocycles. The Morgan fingerprint density at radius 3 is 2.57 bits per heavy atom. The van der Waals surface area contributed by atoms with E-state index in [2.05, 4.69) is 4.90 Å². The normalized spacial score (nSPS) is 31.4. The predicted molar refractivity (Wildman–Crippen MR) is 53.9 cm³/mol. The molecule has 0 aromatic heterocycles. The summed E-state index contributed by atoms with van der Waals surface area (Å²) >= 11 is 0. The summed E-state index contributed by atoms with van der Waals surface area (Å²) in [6.07, 6.45) is 3.18. The van der Waals surface area contributed by atoms with Crippen LogP contribution in [0.15, 0.2) is 0 Å². The zero-order valence-corrected chi connectivity index (χ0v) is 9.04. The monoisotopic (exact) mass is 219 g/mol. The lowest BCUT2D eigenvalue weighted by Gasteiger charge is -2.23. The maximum absolute atomic E-state index is 11.2. The number of nitrogens with two attached hydrogens (primary N) is 1. The molecule has 2 fully saturated rings. The van der Waals surface area contributed by atoms with Gasteiger partial charge in [-0.05, 0) is 32.4 Å². The molecule has 2 aliphatic heterocycles. The van der Waals surface area contributed by atoms with E-state index in [0.717, 1.165) is 25.9 Å². The number of hydrogen-bond acceptors (Lipinski definition) is 3. The van der Waals surface area contributed by atoms with E-state index in [9.17, 15) is 8.42 Å². The van der Waals surface area contributed by atoms with Gasteiger partial charge in [0.05, 0.1) is 0 Å². The molecular weight excluding hydrogens is 202 g/mol. The molecule has 2 saturated heterocycles. The first kappa shape index (κ1) is 10.4. The Hall–Kier alpha value is -0.170. The average molecular weight is 219 g/mol. The molecule has 0 saturated carbocycles. The van der Waals surface area contributed by atoms with Crippen LogP contribution in [-0.4, -0.2) is 49.8 Å². The molecule has 0 radical (unpaired) electrons. The van der Waals surface area contributed by atoms with Gasteiger partial charge in [-0.25, -0.2) is 5.14 Å². The molecule has 1 unspecified atom stereocenters. The quantitative estimate of drug-likeness (QED) is 0.638. The van der Waals surface area contributed by atoms with Gasteiger partial charge in [-0.15, -0.1) is 0 Å². The summed E-state index contributed by atoms with van der Waals surface area (Å²) in [7, 11) is -3.48. The topological polar surface area (TPSA) is 66.6 Å². The largest absolute Gasteiger partial charge is 0.299 e. The molecule has 2 rings (SSSR count). The third-order valence-electron chi connectivity index (χ3n) is 3.13. The Balaban J connectivity index is 2.09. The van der Waals surface area contributed by atoms with Crippen molar-refractivity contribution in [3.05, 3.63) is 0 Å². The second-order valence-corrected chi connectivity index (χ2v) is 5.63. The van der Waals surface area contributed by atoms with Gasteiger partial charge in [0.2, 0.25) is 0 Å². The molecule has 5 nitrogen and oxygen atoms in total. The van der Waals surface area contributed by atoms with Crippen molar-refractivity contribution in [2.45, 2.75) is 25.3 Å². The van der Waals surface area contributed by atoms with Crippen LogP contribution < -0.4 is 5.14 Å². The fraction of sp³-hybridized carbons (Fsp3) is 1.00. The van der Waals surface area contributed by atoms with Crippen LogP contribution in [0.5, 0.6) is 0 Å². The molecule has 0 aromatic rings. The standard InChI is InChI=1S/C8H17N3O2S/c9-14(12,13)11-6-2-5-10-4-1-3-8(10)7-11/h8H,1-7H2,(H2,9,12,13). The molecule has 0 spiro atoms. The van der Waals surface area contributed by atoms with Crippen LogP contribution in [0.3, 0.4) is 0 Å². The highest BCUT2D eigenvalue weighted by molar-refractivity contribution is 7.86. The summed E-state index contributed by atoms with van der Waals surface area (Å²) in [6, 6.07) is 0.399. The van der Waals surface area contributed by atoms with Crippen LogP contribution in [0, 0.1) is 0 Å². The minimum atomic E-state index is -3.48. The highest BCUT2D eigenvalue weighted by atomic mass is 32.2. The third kappa shape index (κ3) is 2.08. The summed E-state index contributed by atoms with van der Waals surface area (Å²) in [5, 5.41) is 5.14. The lowest BCUT2D eigenvalue weighted by atomic mass is 10.2. The second-order valence-electron chi connectivity index (χ2n) is 4.09. The van der Waals surface area contributed by atoms with Gasteiger partial charge in [0, 0.05) is 19.1 Å². The highest BCUT2D eigenvalue weighted by Gasteiger charge is 2.31. The predicted octanol–water partition coefficient (Wildman–Crippen LogP) is -0.640. The lowest BCUT2D eigenvalue weighted by Crippen LogP contribution is -2.42. The first-order valence-electron chi connectivity index (χ1n) is 5.09. The Bertz CT molecular complexity index is 304. The number of fused-ring (bicyclic) bond motifs is 1. The molecule has 2 N–H and O–H groups in total. The van der Waals surface area contributed by atoms with Gasteiger partial charge < -0.3 is 0 Å². The van der Waals surface area contributed by atoms with Gasteiger partial charge in [-0.3, -0.25) is 4.90 Å². The maximum Gasteiger partial charge on any atom is 0.276 e.